The molecule has 2 aromatic rings. The van der Waals surface area contributed by atoms with Crippen molar-refractivity contribution >= 4 is 27.3 Å². The zero-order chi connectivity index (χ0) is 19.0. The molecule has 1 aromatic carbocycles. The Hall–Kier alpha value is -1.60. The van der Waals surface area contributed by atoms with Crippen LogP contribution in [0.5, 0.6) is 0 Å². The summed E-state index contributed by atoms with van der Waals surface area (Å²) >= 11 is 1.24. The molecule has 1 N–H and O–H groups in total. The summed E-state index contributed by atoms with van der Waals surface area (Å²) in [6.45, 7) is 2.96. The quantitative estimate of drug-likeness (QED) is 0.799. The third-order valence-corrected chi connectivity index (χ3v) is 6.94. The molecule has 3 heterocycles. The Morgan fingerprint density at radius 3 is 2.78 bits per heavy atom. The highest BCUT2D eigenvalue weighted by Crippen LogP contribution is 2.34. The number of hydrogen-bond donors (Lipinski definition) is 1. The van der Waals surface area contributed by atoms with Crippen LogP contribution in [0.2, 0.25) is 0 Å². The van der Waals surface area contributed by atoms with Gasteiger partial charge in [0, 0.05) is 17.3 Å². The van der Waals surface area contributed by atoms with Gasteiger partial charge in [-0.3, -0.25) is 4.79 Å². The summed E-state index contributed by atoms with van der Waals surface area (Å²) in [4.78, 5) is 15.6. The predicted octanol–water partition coefficient (Wildman–Crippen LogP) is 4.91. The molecular weight excluding hydrogens is 373 g/mol. The Kier molecular flexibility index (Phi) is 5.16. The maximum absolute atomic E-state index is 12.9. The molecule has 7 heteroatoms. The molecular formula is C20H23F3N2OS. The molecule has 0 radical (unpaired) electrons. The second-order valence-corrected chi connectivity index (χ2v) is 8.66. The topological polar surface area (TPSA) is 32.3 Å². The van der Waals surface area contributed by atoms with Crippen LogP contribution in [0.4, 0.5) is 13.2 Å². The number of halogens is 3. The standard InChI is InChI=1S/C20H23F3N2OS/c21-20(22,23)15-6-7-17-14(10-15)11-18(27-17)19(26)24-12-13-4-3-9-25-8-2-1-5-16(13)25/h6-7,10-11,13,16H,1-5,8-9,12H2,(H,24,26)/t13-,16-/m1/s1. The summed E-state index contributed by atoms with van der Waals surface area (Å²) in [6.07, 6.45) is 1.64. The van der Waals surface area contributed by atoms with Gasteiger partial charge in [-0.15, -0.1) is 11.3 Å². The number of nitrogens with zero attached hydrogens (tertiary/aromatic N) is 1. The van der Waals surface area contributed by atoms with Crippen LogP contribution >= 0.6 is 11.3 Å². The Morgan fingerprint density at radius 1 is 1.15 bits per heavy atom. The molecule has 0 spiro atoms. The van der Waals surface area contributed by atoms with E-state index in [1.54, 1.807) is 6.07 Å². The summed E-state index contributed by atoms with van der Waals surface area (Å²) in [6, 6.07) is 5.76. The van der Waals surface area contributed by atoms with Gasteiger partial charge in [-0.25, -0.2) is 0 Å². The first-order valence-electron chi connectivity index (χ1n) is 9.55. The molecule has 0 aliphatic carbocycles. The first kappa shape index (κ1) is 18.7. The van der Waals surface area contributed by atoms with Crippen molar-refractivity contribution in [1.29, 1.82) is 0 Å². The number of carbonyl (C=O) groups excluding carboxylic acids is 1. The van der Waals surface area contributed by atoms with Gasteiger partial charge in [0.15, 0.2) is 0 Å². The lowest BCUT2D eigenvalue weighted by Gasteiger charge is -2.44. The number of amides is 1. The van der Waals surface area contributed by atoms with E-state index in [0.717, 1.165) is 31.6 Å². The number of hydrogen-bond acceptors (Lipinski definition) is 3. The van der Waals surface area contributed by atoms with Crippen LogP contribution in [-0.4, -0.2) is 36.5 Å². The van der Waals surface area contributed by atoms with Gasteiger partial charge in [-0.1, -0.05) is 6.42 Å². The van der Waals surface area contributed by atoms with Gasteiger partial charge < -0.3 is 10.2 Å². The molecule has 2 atom stereocenters. The highest BCUT2D eigenvalue weighted by atomic mass is 32.1. The molecule has 3 nitrogen and oxygen atoms in total. The van der Waals surface area contributed by atoms with E-state index in [0.29, 0.717) is 33.5 Å². The van der Waals surface area contributed by atoms with Gasteiger partial charge in [-0.2, -0.15) is 13.2 Å². The molecule has 1 amide bonds. The number of carbonyl (C=O) groups is 1. The van der Waals surface area contributed by atoms with E-state index >= 15 is 0 Å². The zero-order valence-corrected chi connectivity index (χ0v) is 15.8. The smallest absolute Gasteiger partial charge is 0.351 e. The van der Waals surface area contributed by atoms with Crippen molar-refractivity contribution in [2.24, 2.45) is 5.92 Å². The van der Waals surface area contributed by atoms with Crippen molar-refractivity contribution in [3.05, 3.63) is 34.7 Å². The maximum Gasteiger partial charge on any atom is 0.416 e. The normalized spacial score (nSPS) is 24.0. The average molecular weight is 396 g/mol. The predicted molar refractivity (Wildman–Crippen MR) is 101 cm³/mol. The van der Waals surface area contributed by atoms with Crippen LogP contribution in [-0.2, 0) is 6.18 Å². The fourth-order valence-electron chi connectivity index (χ4n) is 4.46. The lowest BCUT2D eigenvalue weighted by atomic mass is 9.83. The zero-order valence-electron chi connectivity index (χ0n) is 15.0. The van der Waals surface area contributed by atoms with Crippen molar-refractivity contribution in [1.82, 2.24) is 10.2 Å². The molecule has 4 rings (SSSR count). The Morgan fingerprint density at radius 2 is 1.96 bits per heavy atom. The second-order valence-electron chi connectivity index (χ2n) is 7.57. The summed E-state index contributed by atoms with van der Waals surface area (Å²) in [5.74, 6) is 0.284. The minimum absolute atomic E-state index is 0.183. The first-order valence-corrected chi connectivity index (χ1v) is 10.4. The molecule has 146 valence electrons. The van der Waals surface area contributed by atoms with Crippen LogP contribution in [0.15, 0.2) is 24.3 Å². The molecule has 27 heavy (non-hydrogen) atoms. The van der Waals surface area contributed by atoms with Gasteiger partial charge in [0.2, 0.25) is 0 Å². The molecule has 0 unspecified atom stereocenters. The number of rotatable bonds is 3. The van der Waals surface area contributed by atoms with E-state index in [4.69, 9.17) is 0 Å². The number of thiophene rings is 1. The Balaban J connectivity index is 1.43. The fraction of sp³-hybridized carbons (Fsp3) is 0.550. The van der Waals surface area contributed by atoms with Crippen molar-refractivity contribution in [2.45, 2.75) is 44.3 Å². The molecule has 2 fully saturated rings. The largest absolute Gasteiger partial charge is 0.416 e. The minimum Gasteiger partial charge on any atom is -0.351 e. The molecule has 1 aromatic heterocycles. The average Bonchev–Trinajstić information content (AvgIpc) is 3.09. The van der Waals surface area contributed by atoms with Crippen molar-refractivity contribution in [3.8, 4) is 0 Å². The van der Waals surface area contributed by atoms with Gasteiger partial charge in [0.05, 0.1) is 10.4 Å². The number of piperidine rings is 2. The van der Waals surface area contributed by atoms with Gasteiger partial charge in [0.1, 0.15) is 0 Å². The van der Waals surface area contributed by atoms with Crippen LogP contribution in [0.1, 0.15) is 47.3 Å². The van der Waals surface area contributed by atoms with Crippen molar-refractivity contribution in [3.63, 3.8) is 0 Å². The summed E-state index contributed by atoms with van der Waals surface area (Å²) < 4.78 is 39.3. The summed E-state index contributed by atoms with van der Waals surface area (Å²) in [5, 5.41) is 3.50. The van der Waals surface area contributed by atoms with Gasteiger partial charge >= 0.3 is 6.18 Å². The van der Waals surface area contributed by atoms with Crippen molar-refractivity contribution in [2.75, 3.05) is 19.6 Å². The lowest BCUT2D eigenvalue weighted by Crippen LogP contribution is -2.50. The SMILES string of the molecule is O=C(NC[C@H]1CCCN2CCCC[C@H]12)c1cc2cc(C(F)(F)F)ccc2s1. The molecule has 0 bridgehead atoms. The fourth-order valence-corrected chi connectivity index (χ4v) is 5.42. The number of nitrogens with one attached hydrogen (secondary N) is 1. The van der Waals surface area contributed by atoms with E-state index < -0.39 is 11.7 Å². The van der Waals surface area contributed by atoms with E-state index in [1.165, 1.54) is 43.1 Å². The number of alkyl halides is 3. The molecule has 2 aliphatic rings. The van der Waals surface area contributed by atoms with Crippen molar-refractivity contribution < 1.29 is 18.0 Å². The molecule has 2 saturated heterocycles. The van der Waals surface area contributed by atoms with Crippen LogP contribution in [0.3, 0.4) is 0 Å². The van der Waals surface area contributed by atoms with E-state index in [-0.39, 0.29) is 5.91 Å². The summed E-state index contributed by atoms with van der Waals surface area (Å²) in [5.41, 5.74) is -0.681. The highest BCUT2D eigenvalue weighted by molar-refractivity contribution is 7.20. The van der Waals surface area contributed by atoms with Crippen LogP contribution < -0.4 is 5.32 Å². The highest BCUT2D eigenvalue weighted by Gasteiger charge is 2.33. The van der Waals surface area contributed by atoms with Gasteiger partial charge in [-0.05, 0) is 74.3 Å². The second kappa shape index (κ2) is 7.43. The third kappa shape index (κ3) is 3.99. The third-order valence-electron chi connectivity index (χ3n) is 5.82. The van der Waals surface area contributed by atoms with Crippen LogP contribution in [0, 0.1) is 5.92 Å². The monoisotopic (exact) mass is 396 g/mol. The molecule has 2 aliphatic heterocycles. The number of benzene rings is 1. The lowest BCUT2D eigenvalue weighted by molar-refractivity contribution is -0.137. The van der Waals surface area contributed by atoms with E-state index in [9.17, 15) is 18.0 Å². The molecule has 0 saturated carbocycles. The van der Waals surface area contributed by atoms with Gasteiger partial charge in [0.25, 0.3) is 5.91 Å². The minimum atomic E-state index is -4.37. The maximum atomic E-state index is 12.9. The Bertz CT molecular complexity index is 830. The van der Waals surface area contributed by atoms with E-state index in [1.807, 2.05) is 0 Å². The van der Waals surface area contributed by atoms with Crippen LogP contribution in [0.25, 0.3) is 10.1 Å². The summed E-state index contributed by atoms with van der Waals surface area (Å²) in [7, 11) is 0. The first-order chi connectivity index (χ1) is 12.9. The van der Waals surface area contributed by atoms with E-state index in [2.05, 4.69) is 10.2 Å². The Labute approximate surface area is 160 Å². The number of fused-ring (bicyclic) bond motifs is 2.